The molecule has 0 atom stereocenters. The molecule has 0 unspecified atom stereocenters. The van der Waals surface area contributed by atoms with Crippen LogP contribution in [0.4, 0.5) is 0 Å². The Morgan fingerprint density at radius 3 is 1.88 bits per heavy atom. The van der Waals surface area contributed by atoms with Crippen LogP contribution in [0.25, 0.3) is 0 Å². The van der Waals surface area contributed by atoms with E-state index in [0.717, 1.165) is 11.1 Å². The van der Waals surface area contributed by atoms with E-state index in [1.54, 1.807) is 0 Å². The third-order valence-electron chi connectivity index (χ3n) is 2.10. The molecule has 1 nitrogen and oxygen atoms in total. The van der Waals surface area contributed by atoms with Gasteiger partial charge in [-0.25, -0.2) is 4.57 Å². The van der Waals surface area contributed by atoms with Gasteiger partial charge in [0.1, 0.15) is 7.05 Å². The van der Waals surface area contributed by atoms with Crippen LogP contribution in [-0.4, -0.2) is 0 Å². The molecule has 0 bridgehead atoms. The summed E-state index contributed by atoms with van der Waals surface area (Å²) in [4.78, 5) is 0. The molecule has 2 rings (SSSR count). The van der Waals surface area contributed by atoms with Gasteiger partial charge in [0.15, 0.2) is 12.4 Å². The molecule has 1 aromatic carbocycles. The smallest absolute Gasteiger partial charge is 0.169 e. The van der Waals surface area contributed by atoms with Crippen molar-refractivity contribution in [2.24, 2.45) is 7.05 Å². The third-order valence-corrected chi connectivity index (χ3v) is 2.10. The number of aromatic nitrogens is 1. The van der Waals surface area contributed by atoms with Crippen molar-refractivity contribution in [1.29, 1.82) is 0 Å². The minimum atomic E-state index is 0. The Balaban J connectivity index is 0.00000128. The molecule has 0 saturated carbocycles. The average molecular weight is 321 g/mol. The van der Waals surface area contributed by atoms with Crippen molar-refractivity contribution in [2.45, 2.75) is 0 Å². The predicted molar refractivity (Wildman–Crippen MR) is 60.0 cm³/mol. The number of nitrogens with zero attached hydrogens (tertiary/aromatic N) is 1. The summed E-state index contributed by atoms with van der Waals surface area (Å²) in [5, 5.41) is 0. The standard InChI is InChI=1S/C14H12N.HI/c1-15-11-9-14(10-12-15)8-7-13-5-3-2-4-6-13;/h2-6,9-12H,1H3;1H/q+1;/p-1. The van der Waals surface area contributed by atoms with Gasteiger partial charge >= 0.3 is 0 Å². The number of hydrogen-bond donors (Lipinski definition) is 0. The van der Waals surface area contributed by atoms with Gasteiger partial charge in [-0.1, -0.05) is 30.0 Å². The first-order chi connectivity index (χ1) is 7.34. The van der Waals surface area contributed by atoms with E-state index >= 15 is 0 Å². The minimum Gasteiger partial charge on any atom is -1.00 e. The van der Waals surface area contributed by atoms with E-state index in [2.05, 4.69) is 11.8 Å². The maximum absolute atomic E-state index is 3.12. The lowest BCUT2D eigenvalue weighted by Gasteiger charge is -1.88. The lowest BCUT2D eigenvalue weighted by molar-refractivity contribution is -0.671. The summed E-state index contributed by atoms with van der Waals surface area (Å²) in [5.74, 6) is 6.25. The van der Waals surface area contributed by atoms with Gasteiger partial charge in [0.05, 0.1) is 0 Å². The Morgan fingerprint density at radius 1 is 0.812 bits per heavy atom. The Morgan fingerprint density at radius 2 is 1.31 bits per heavy atom. The number of halogens is 1. The van der Waals surface area contributed by atoms with Crippen LogP contribution in [0.5, 0.6) is 0 Å². The molecule has 1 heterocycles. The summed E-state index contributed by atoms with van der Waals surface area (Å²) in [6.45, 7) is 0. The second kappa shape index (κ2) is 6.29. The van der Waals surface area contributed by atoms with Gasteiger partial charge in [0, 0.05) is 23.3 Å². The first-order valence-electron chi connectivity index (χ1n) is 4.87. The SMILES string of the molecule is C[n+]1ccc(C#Cc2ccccc2)cc1.[I-]. The summed E-state index contributed by atoms with van der Waals surface area (Å²) in [6, 6.07) is 14.0. The van der Waals surface area contributed by atoms with Gasteiger partial charge < -0.3 is 24.0 Å². The van der Waals surface area contributed by atoms with Crippen LogP contribution in [-0.2, 0) is 7.05 Å². The molecule has 0 saturated heterocycles. The van der Waals surface area contributed by atoms with Crippen LogP contribution >= 0.6 is 0 Å². The normalized spacial score (nSPS) is 8.56. The van der Waals surface area contributed by atoms with E-state index in [-0.39, 0.29) is 24.0 Å². The summed E-state index contributed by atoms with van der Waals surface area (Å²) in [7, 11) is 1.99. The van der Waals surface area contributed by atoms with Crippen LogP contribution in [0.15, 0.2) is 54.9 Å². The largest absolute Gasteiger partial charge is 1.00 e. The van der Waals surface area contributed by atoms with Crippen molar-refractivity contribution in [1.82, 2.24) is 0 Å². The van der Waals surface area contributed by atoms with E-state index < -0.39 is 0 Å². The molecule has 0 radical (unpaired) electrons. The molecule has 1 aromatic heterocycles. The molecule has 0 fully saturated rings. The molecule has 0 aliphatic rings. The first kappa shape index (κ1) is 12.7. The molecule has 2 aromatic rings. The Hall–Kier alpha value is -1.34. The van der Waals surface area contributed by atoms with Crippen molar-refractivity contribution in [3.8, 4) is 11.8 Å². The van der Waals surface area contributed by atoms with Crippen LogP contribution in [0.2, 0.25) is 0 Å². The quantitative estimate of drug-likeness (QED) is 0.330. The van der Waals surface area contributed by atoms with Crippen molar-refractivity contribution >= 4 is 0 Å². The Kier molecular flexibility index (Phi) is 5.00. The fourth-order valence-corrected chi connectivity index (χ4v) is 1.25. The van der Waals surface area contributed by atoms with Gasteiger partial charge in [-0.3, -0.25) is 0 Å². The molecule has 80 valence electrons. The maximum atomic E-state index is 3.12. The van der Waals surface area contributed by atoms with Gasteiger partial charge in [-0.05, 0) is 12.1 Å². The van der Waals surface area contributed by atoms with E-state index in [4.69, 9.17) is 0 Å². The molecule has 0 amide bonds. The summed E-state index contributed by atoms with van der Waals surface area (Å²) >= 11 is 0. The minimum absolute atomic E-state index is 0. The number of pyridine rings is 1. The highest BCUT2D eigenvalue weighted by Crippen LogP contribution is 1.97. The fraction of sp³-hybridized carbons (Fsp3) is 0.0714. The van der Waals surface area contributed by atoms with Gasteiger partial charge in [0.25, 0.3) is 0 Å². The summed E-state index contributed by atoms with van der Waals surface area (Å²) < 4.78 is 1.99. The number of aryl methyl sites for hydroxylation is 1. The molecule has 0 spiro atoms. The zero-order chi connectivity index (χ0) is 10.5. The monoisotopic (exact) mass is 321 g/mol. The van der Waals surface area contributed by atoms with Crippen LogP contribution in [0.1, 0.15) is 11.1 Å². The number of benzene rings is 1. The Bertz CT molecular complexity index is 492. The molecule has 2 heteroatoms. The predicted octanol–water partition coefficient (Wildman–Crippen LogP) is -1.09. The maximum Gasteiger partial charge on any atom is 0.169 e. The number of rotatable bonds is 0. The van der Waals surface area contributed by atoms with Gasteiger partial charge in [-0.2, -0.15) is 0 Å². The molecule has 0 N–H and O–H groups in total. The second-order valence-electron chi connectivity index (χ2n) is 3.37. The second-order valence-corrected chi connectivity index (χ2v) is 3.37. The van der Waals surface area contributed by atoms with Crippen molar-refractivity contribution < 1.29 is 28.5 Å². The third kappa shape index (κ3) is 3.67. The highest BCUT2D eigenvalue weighted by Gasteiger charge is 1.90. The molecular weight excluding hydrogens is 309 g/mol. The van der Waals surface area contributed by atoms with E-state index in [1.807, 2.05) is 66.5 Å². The average Bonchev–Trinajstić information content (AvgIpc) is 2.30. The highest BCUT2D eigenvalue weighted by molar-refractivity contribution is 5.41. The lowest BCUT2D eigenvalue weighted by Crippen LogP contribution is -3.00. The fourth-order valence-electron chi connectivity index (χ4n) is 1.25. The van der Waals surface area contributed by atoms with Crippen molar-refractivity contribution in [3.05, 3.63) is 66.0 Å². The van der Waals surface area contributed by atoms with E-state index in [9.17, 15) is 0 Å². The Labute approximate surface area is 113 Å². The van der Waals surface area contributed by atoms with E-state index in [1.165, 1.54) is 0 Å². The molecular formula is C14H12IN. The first-order valence-corrected chi connectivity index (χ1v) is 4.87. The summed E-state index contributed by atoms with van der Waals surface area (Å²) in [6.07, 6.45) is 3.99. The van der Waals surface area contributed by atoms with Crippen LogP contribution < -0.4 is 28.5 Å². The van der Waals surface area contributed by atoms with E-state index in [0.29, 0.717) is 0 Å². The number of hydrogen-bond acceptors (Lipinski definition) is 0. The van der Waals surface area contributed by atoms with Crippen LogP contribution in [0, 0.1) is 11.8 Å². The lowest BCUT2D eigenvalue weighted by atomic mass is 10.2. The zero-order valence-electron chi connectivity index (χ0n) is 9.02. The molecule has 16 heavy (non-hydrogen) atoms. The van der Waals surface area contributed by atoms with Gasteiger partial charge in [-0.15, -0.1) is 0 Å². The molecule has 0 aliphatic heterocycles. The highest BCUT2D eigenvalue weighted by atomic mass is 127. The van der Waals surface area contributed by atoms with Crippen LogP contribution in [0.3, 0.4) is 0 Å². The summed E-state index contributed by atoms with van der Waals surface area (Å²) in [5.41, 5.74) is 2.09. The topological polar surface area (TPSA) is 3.88 Å². The van der Waals surface area contributed by atoms with Gasteiger partial charge in [0.2, 0.25) is 0 Å². The zero-order valence-corrected chi connectivity index (χ0v) is 11.2. The van der Waals surface area contributed by atoms with Crippen molar-refractivity contribution in [2.75, 3.05) is 0 Å². The molecule has 0 aliphatic carbocycles. The van der Waals surface area contributed by atoms with Crippen molar-refractivity contribution in [3.63, 3.8) is 0 Å².